The number of aliphatic hydroxyl groups excluding tert-OH is 1. The molecule has 3 fully saturated rings. The summed E-state index contributed by atoms with van der Waals surface area (Å²) >= 11 is 0. The number of hydrogen-bond donors (Lipinski definition) is 1. The largest absolute Gasteiger partial charge is 0.459 e. The second-order valence-corrected chi connectivity index (χ2v) is 7.83. The first kappa shape index (κ1) is 13.7. The smallest absolute Gasteiger partial charge is 0.313 e. The Kier molecular flexibility index (Phi) is 2.41. The molecule has 0 amide bonds. The molecule has 23 heavy (non-hydrogen) atoms. The van der Waals surface area contributed by atoms with Crippen LogP contribution in [0.3, 0.4) is 0 Å². The molecule has 1 saturated carbocycles. The minimum Gasteiger partial charge on any atom is -0.459 e. The summed E-state index contributed by atoms with van der Waals surface area (Å²) in [5, 5.41) is 10.7. The molecule has 3 aliphatic carbocycles. The lowest BCUT2D eigenvalue weighted by molar-refractivity contribution is -0.236. The molecule has 0 radical (unpaired) electrons. The van der Waals surface area contributed by atoms with Crippen molar-refractivity contribution in [2.45, 2.75) is 51.2 Å². The van der Waals surface area contributed by atoms with Gasteiger partial charge in [0.05, 0.1) is 11.5 Å². The average molecular weight is 312 g/mol. The highest BCUT2D eigenvalue weighted by Gasteiger charge is 2.70. The van der Waals surface area contributed by atoms with Gasteiger partial charge < -0.3 is 9.84 Å². The zero-order chi connectivity index (χ0) is 16.1. The van der Waals surface area contributed by atoms with Crippen molar-refractivity contribution in [3.05, 3.63) is 44.6 Å². The van der Waals surface area contributed by atoms with E-state index in [2.05, 4.69) is 0 Å². The summed E-state index contributed by atoms with van der Waals surface area (Å²) in [7, 11) is 0. The van der Waals surface area contributed by atoms with E-state index in [-0.39, 0.29) is 29.2 Å². The monoisotopic (exact) mass is 312 g/mol. The second kappa shape index (κ2) is 4.04. The Morgan fingerprint density at radius 1 is 1.30 bits per heavy atom. The van der Waals surface area contributed by atoms with Gasteiger partial charge in [0.2, 0.25) is 0 Å². The van der Waals surface area contributed by atoms with Gasteiger partial charge in [-0.2, -0.15) is 0 Å². The Balaban J connectivity index is 1.85. The molecule has 2 heterocycles. The van der Waals surface area contributed by atoms with Crippen molar-refractivity contribution in [3.8, 4) is 0 Å². The minimum absolute atomic E-state index is 0.0519. The van der Waals surface area contributed by atoms with Gasteiger partial charge in [-0.15, -0.1) is 0 Å². The summed E-state index contributed by atoms with van der Waals surface area (Å²) in [5.74, 6) is 0.0405. The normalized spacial score (nSPS) is 42.4. The fourth-order valence-electron chi connectivity index (χ4n) is 6.03. The molecule has 4 nitrogen and oxygen atoms in total. The van der Waals surface area contributed by atoms with Crippen molar-refractivity contribution in [3.63, 3.8) is 0 Å². The molecule has 2 aliphatic heterocycles. The fourth-order valence-corrected chi connectivity index (χ4v) is 6.03. The predicted molar refractivity (Wildman–Crippen MR) is 83.2 cm³/mol. The molecule has 5 aliphatic rings. The predicted octanol–water partition coefficient (Wildman–Crippen LogP) is 1.48. The first-order valence-corrected chi connectivity index (χ1v) is 8.51. The van der Waals surface area contributed by atoms with Gasteiger partial charge in [0.25, 0.3) is 0 Å². The maximum Gasteiger partial charge on any atom is 0.313 e. The van der Waals surface area contributed by atoms with Crippen molar-refractivity contribution in [2.75, 3.05) is 0 Å². The van der Waals surface area contributed by atoms with Crippen molar-refractivity contribution < 1.29 is 14.6 Å². The van der Waals surface area contributed by atoms with E-state index in [1.807, 2.05) is 13.8 Å². The van der Waals surface area contributed by atoms with E-state index in [1.165, 1.54) is 11.1 Å². The third kappa shape index (κ3) is 1.38. The number of esters is 1. The topological polar surface area (TPSA) is 63.6 Å². The highest BCUT2D eigenvalue weighted by molar-refractivity contribution is 5.83. The van der Waals surface area contributed by atoms with Gasteiger partial charge in [0.15, 0.2) is 5.43 Å². The van der Waals surface area contributed by atoms with E-state index in [0.29, 0.717) is 12.8 Å². The van der Waals surface area contributed by atoms with E-state index >= 15 is 0 Å². The van der Waals surface area contributed by atoms with E-state index in [4.69, 9.17) is 4.74 Å². The quantitative estimate of drug-likeness (QED) is 0.737. The third-order valence-corrected chi connectivity index (χ3v) is 7.07. The molecular weight excluding hydrogens is 292 g/mol. The van der Waals surface area contributed by atoms with Gasteiger partial charge in [0, 0.05) is 17.8 Å². The van der Waals surface area contributed by atoms with Crippen LogP contribution in [0.15, 0.2) is 16.9 Å². The van der Waals surface area contributed by atoms with Crippen LogP contribution < -0.4 is 5.43 Å². The van der Waals surface area contributed by atoms with Gasteiger partial charge >= 0.3 is 5.97 Å². The Labute approximate surface area is 134 Å². The van der Waals surface area contributed by atoms with Crippen LogP contribution in [0, 0.1) is 24.2 Å². The number of carbonyl (C=O) groups excluding carboxylic acids is 1. The number of rotatable bonds is 0. The lowest BCUT2D eigenvalue weighted by Crippen LogP contribution is -2.67. The van der Waals surface area contributed by atoms with Crippen LogP contribution in [-0.4, -0.2) is 23.3 Å². The molecule has 1 aromatic rings. The molecule has 0 unspecified atom stereocenters. The molecule has 2 saturated heterocycles. The van der Waals surface area contributed by atoms with Crippen LogP contribution in [0.2, 0.25) is 0 Å². The fraction of sp³-hybridized carbons (Fsp3) is 0.579. The molecular formula is C19H20O4. The molecule has 0 aromatic heterocycles. The Morgan fingerprint density at radius 3 is 2.87 bits per heavy atom. The number of aliphatic hydroxyl groups is 1. The van der Waals surface area contributed by atoms with Crippen LogP contribution in [-0.2, 0) is 22.4 Å². The third-order valence-electron chi connectivity index (χ3n) is 7.07. The number of carbonyl (C=O) groups is 1. The van der Waals surface area contributed by atoms with E-state index in [0.717, 1.165) is 17.5 Å². The number of hydrogen-bond acceptors (Lipinski definition) is 4. The molecule has 1 N–H and O–H groups in total. The lowest BCUT2D eigenvalue weighted by atomic mass is 9.49. The lowest BCUT2D eigenvalue weighted by Gasteiger charge is -2.59. The van der Waals surface area contributed by atoms with E-state index in [9.17, 15) is 14.7 Å². The second-order valence-electron chi connectivity index (χ2n) is 7.83. The van der Waals surface area contributed by atoms with E-state index < -0.39 is 17.6 Å². The molecule has 6 atom stereocenters. The van der Waals surface area contributed by atoms with Crippen LogP contribution in [0.25, 0.3) is 0 Å². The maximum absolute atomic E-state index is 12.8. The van der Waals surface area contributed by atoms with E-state index in [1.54, 1.807) is 12.1 Å². The summed E-state index contributed by atoms with van der Waals surface area (Å²) in [6.07, 6.45) is 1.21. The molecule has 1 spiro atoms. The SMILES string of the molecule is Cc1cc(=O)cc2c3c1C[C@@H]1[C@H]4OC(=O)[C@@](CC2)([C@H]31)[C@@H](C)[C@@H]4O. The number of ether oxygens (including phenoxy) is 1. The van der Waals surface area contributed by atoms with Crippen LogP contribution in [0.4, 0.5) is 0 Å². The Morgan fingerprint density at radius 2 is 2.09 bits per heavy atom. The summed E-state index contributed by atoms with van der Waals surface area (Å²) < 4.78 is 5.67. The summed E-state index contributed by atoms with van der Waals surface area (Å²) in [5.41, 5.74) is 4.00. The zero-order valence-electron chi connectivity index (χ0n) is 13.3. The van der Waals surface area contributed by atoms with Gasteiger partial charge in [-0.3, -0.25) is 9.59 Å². The van der Waals surface area contributed by atoms with Gasteiger partial charge in [0.1, 0.15) is 6.10 Å². The number of aryl methyl sites for hydroxylation is 2. The van der Waals surface area contributed by atoms with Crippen LogP contribution >= 0.6 is 0 Å². The average Bonchev–Trinajstić information content (AvgIpc) is 2.86. The summed E-state index contributed by atoms with van der Waals surface area (Å²) in [4.78, 5) is 24.9. The minimum atomic E-state index is -0.610. The standard InChI is InChI=1S/C19H20O4/c1-8-5-11(20)6-10-3-4-19-9(2)16(21)17(23-18(19)22)13-7-12(8)14(10)15(13)19/h5-6,9,13,15-17,21H,3-4,7H2,1-2H3/t9-,13-,15-,16-,17+,19+/m0/s1. The molecule has 4 heteroatoms. The van der Waals surface area contributed by atoms with Gasteiger partial charge in [-0.05, 0) is 60.6 Å². The highest BCUT2D eigenvalue weighted by atomic mass is 16.6. The molecule has 6 rings (SSSR count). The first-order chi connectivity index (χ1) is 10.9. The Hall–Kier alpha value is -1.68. The number of fused-ring (bicyclic) bond motifs is 2. The molecule has 2 bridgehead atoms. The van der Waals surface area contributed by atoms with Gasteiger partial charge in [-0.1, -0.05) is 6.92 Å². The van der Waals surface area contributed by atoms with Crippen LogP contribution in [0.1, 0.15) is 41.5 Å². The van der Waals surface area contributed by atoms with Crippen molar-refractivity contribution >= 4 is 5.97 Å². The van der Waals surface area contributed by atoms with Crippen molar-refractivity contribution in [1.29, 1.82) is 0 Å². The summed E-state index contributed by atoms with van der Waals surface area (Å²) in [6, 6.07) is 3.47. The first-order valence-electron chi connectivity index (χ1n) is 8.51. The van der Waals surface area contributed by atoms with Gasteiger partial charge in [-0.25, -0.2) is 0 Å². The van der Waals surface area contributed by atoms with Crippen molar-refractivity contribution in [1.82, 2.24) is 0 Å². The molecule has 1 aromatic carbocycles. The summed E-state index contributed by atoms with van der Waals surface area (Å²) in [6.45, 7) is 3.98. The molecule has 120 valence electrons. The van der Waals surface area contributed by atoms with Crippen molar-refractivity contribution in [2.24, 2.45) is 17.3 Å². The van der Waals surface area contributed by atoms with Crippen LogP contribution in [0.5, 0.6) is 0 Å². The highest BCUT2D eigenvalue weighted by Crippen LogP contribution is 2.66. The zero-order valence-corrected chi connectivity index (χ0v) is 13.3. The Bertz CT molecular complexity index is 814. The maximum atomic E-state index is 12.8.